The van der Waals surface area contributed by atoms with Crippen LogP contribution < -0.4 is 0 Å². The SMILES string of the molecule is C=CCSc1cnc[nH]1. The van der Waals surface area contributed by atoms with Crippen LogP contribution in [0.4, 0.5) is 0 Å². The van der Waals surface area contributed by atoms with Crippen LogP contribution in [0.3, 0.4) is 0 Å². The molecule has 48 valence electrons. The molecule has 0 aromatic carbocycles. The van der Waals surface area contributed by atoms with E-state index in [4.69, 9.17) is 0 Å². The summed E-state index contributed by atoms with van der Waals surface area (Å²) in [6, 6.07) is 0. The molecule has 0 spiro atoms. The molecule has 0 atom stereocenters. The van der Waals surface area contributed by atoms with E-state index in [1.807, 2.05) is 6.08 Å². The number of nitrogens with one attached hydrogen (secondary N) is 1. The summed E-state index contributed by atoms with van der Waals surface area (Å²) in [6.45, 7) is 3.60. The van der Waals surface area contributed by atoms with Gasteiger partial charge in [-0.2, -0.15) is 0 Å². The predicted octanol–water partition coefficient (Wildman–Crippen LogP) is 1.69. The van der Waals surface area contributed by atoms with Gasteiger partial charge in [-0.25, -0.2) is 4.98 Å². The third-order valence-corrected chi connectivity index (χ3v) is 1.77. The van der Waals surface area contributed by atoms with Gasteiger partial charge in [0.1, 0.15) is 0 Å². The van der Waals surface area contributed by atoms with Crippen molar-refractivity contribution in [2.75, 3.05) is 5.75 Å². The molecule has 0 aliphatic rings. The Labute approximate surface area is 58.4 Å². The highest BCUT2D eigenvalue weighted by atomic mass is 32.2. The summed E-state index contributed by atoms with van der Waals surface area (Å²) in [5, 5.41) is 1.09. The molecule has 1 aromatic rings. The Bertz CT molecular complexity index is 169. The monoisotopic (exact) mass is 140 g/mol. The van der Waals surface area contributed by atoms with E-state index >= 15 is 0 Å². The van der Waals surface area contributed by atoms with Crippen molar-refractivity contribution in [1.82, 2.24) is 9.97 Å². The fourth-order valence-corrected chi connectivity index (χ4v) is 1.04. The number of hydrogen-bond acceptors (Lipinski definition) is 2. The Morgan fingerprint density at radius 1 is 1.89 bits per heavy atom. The molecule has 3 heteroatoms. The van der Waals surface area contributed by atoms with Crippen LogP contribution in [0.5, 0.6) is 0 Å². The van der Waals surface area contributed by atoms with Crippen LogP contribution in [0.15, 0.2) is 30.2 Å². The van der Waals surface area contributed by atoms with Crippen molar-refractivity contribution in [2.45, 2.75) is 5.03 Å². The van der Waals surface area contributed by atoms with Crippen molar-refractivity contribution in [3.05, 3.63) is 25.2 Å². The maximum absolute atomic E-state index is 3.86. The molecule has 0 bridgehead atoms. The van der Waals surface area contributed by atoms with Crippen molar-refractivity contribution in [3.8, 4) is 0 Å². The highest BCUT2D eigenvalue weighted by Gasteiger charge is 1.88. The van der Waals surface area contributed by atoms with Crippen LogP contribution in [0.1, 0.15) is 0 Å². The van der Waals surface area contributed by atoms with Crippen LogP contribution in [-0.4, -0.2) is 15.7 Å². The third-order valence-electron chi connectivity index (χ3n) is 0.830. The van der Waals surface area contributed by atoms with Gasteiger partial charge in [-0.1, -0.05) is 6.08 Å². The lowest BCUT2D eigenvalue weighted by molar-refractivity contribution is 1.20. The first kappa shape index (κ1) is 6.42. The van der Waals surface area contributed by atoms with Crippen molar-refractivity contribution in [3.63, 3.8) is 0 Å². The van der Waals surface area contributed by atoms with Crippen LogP contribution in [0.2, 0.25) is 0 Å². The lowest BCUT2D eigenvalue weighted by atomic mass is 10.8. The zero-order chi connectivity index (χ0) is 6.53. The Morgan fingerprint density at radius 2 is 2.78 bits per heavy atom. The second kappa shape index (κ2) is 3.35. The summed E-state index contributed by atoms with van der Waals surface area (Å²) in [5.74, 6) is 0.933. The Kier molecular flexibility index (Phi) is 2.39. The van der Waals surface area contributed by atoms with Crippen molar-refractivity contribution < 1.29 is 0 Å². The van der Waals surface area contributed by atoms with E-state index in [0.29, 0.717) is 0 Å². The van der Waals surface area contributed by atoms with E-state index < -0.39 is 0 Å². The van der Waals surface area contributed by atoms with E-state index in [0.717, 1.165) is 10.8 Å². The van der Waals surface area contributed by atoms with Crippen molar-refractivity contribution >= 4 is 11.8 Å². The van der Waals surface area contributed by atoms with Crippen LogP contribution in [-0.2, 0) is 0 Å². The predicted molar refractivity (Wildman–Crippen MR) is 39.5 cm³/mol. The normalized spacial score (nSPS) is 9.33. The van der Waals surface area contributed by atoms with Gasteiger partial charge in [0.2, 0.25) is 0 Å². The standard InChI is InChI=1S/C6H8N2S/c1-2-3-9-6-4-7-5-8-6/h2,4-5H,1,3H2,(H,7,8). The summed E-state index contributed by atoms with van der Waals surface area (Å²) in [6.07, 6.45) is 5.34. The van der Waals surface area contributed by atoms with E-state index in [2.05, 4.69) is 16.5 Å². The maximum atomic E-state index is 3.86. The summed E-state index contributed by atoms with van der Waals surface area (Å²) in [5.41, 5.74) is 0. The van der Waals surface area contributed by atoms with Gasteiger partial charge in [0.25, 0.3) is 0 Å². The Morgan fingerprint density at radius 3 is 3.33 bits per heavy atom. The average molecular weight is 140 g/mol. The quantitative estimate of drug-likeness (QED) is 0.511. The average Bonchev–Trinajstić information content (AvgIpc) is 2.34. The molecule has 0 aliphatic heterocycles. The van der Waals surface area contributed by atoms with Crippen LogP contribution in [0, 0.1) is 0 Å². The highest BCUT2D eigenvalue weighted by molar-refractivity contribution is 7.99. The number of H-pyrrole nitrogens is 1. The number of nitrogens with zero attached hydrogens (tertiary/aromatic N) is 1. The minimum absolute atomic E-state index is 0.933. The number of rotatable bonds is 3. The number of hydrogen-bond donors (Lipinski definition) is 1. The summed E-state index contributed by atoms with van der Waals surface area (Å²) >= 11 is 1.69. The molecule has 2 nitrogen and oxygen atoms in total. The molecule has 1 rings (SSSR count). The number of aromatic amines is 1. The number of aromatic nitrogens is 2. The van der Waals surface area contributed by atoms with E-state index in [1.54, 1.807) is 24.3 Å². The number of thioether (sulfide) groups is 1. The minimum atomic E-state index is 0.933. The fourth-order valence-electron chi connectivity index (χ4n) is 0.471. The maximum Gasteiger partial charge on any atom is 0.0928 e. The second-order valence-corrected chi connectivity index (χ2v) is 2.58. The van der Waals surface area contributed by atoms with Gasteiger partial charge >= 0.3 is 0 Å². The molecule has 0 amide bonds. The number of imidazole rings is 1. The molecule has 1 aromatic heterocycles. The lowest BCUT2D eigenvalue weighted by Gasteiger charge is -1.87. The summed E-state index contributed by atoms with van der Waals surface area (Å²) in [7, 11) is 0. The molecule has 1 heterocycles. The first-order chi connectivity index (χ1) is 4.43. The molecule has 0 saturated carbocycles. The van der Waals surface area contributed by atoms with Gasteiger partial charge in [-0.05, 0) is 0 Å². The molecule has 0 aliphatic carbocycles. The first-order valence-corrected chi connectivity index (χ1v) is 3.64. The first-order valence-electron chi connectivity index (χ1n) is 2.65. The Balaban J connectivity index is 2.38. The van der Waals surface area contributed by atoms with Gasteiger partial charge in [0.05, 0.1) is 17.6 Å². The van der Waals surface area contributed by atoms with Gasteiger partial charge in [0, 0.05) is 5.75 Å². The van der Waals surface area contributed by atoms with Gasteiger partial charge in [-0.3, -0.25) is 0 Å². The molecule has 0 fully saturated rings. The molecule has 0 saturated heterocycles. The topological polar surface area (TPSA) is 28.7 Å². The second-order valence-electron chi connectivity index (χ2n) is 1.52. The molecule has 9 heavy (non-hydrogen) atoms. The molecule has 0 unspecified atom stereocenters. The third kappa shape index (κ3) is 1.93. The van der Waals surface area contributed by atoms with E-state index in [9.17, 15) is 0 Å². The minimum Gasteiger partial charge on any atom is -0.340 e. The van der Waals surface area contributed by atoms with Crippen LogP contribution >= 0.6 is 11.8 Å². The van der Waals surface area contributed by atoms with Gasteiger partial charge in [-0.15, -0.1) is 18.3 Å². The summed E-state index contributed by atoms with van der Waals surface area (Å²) in [4.78, 5) is 6.84. The zero-order valence-corrected chi connectivity index (χ0v) is 5.82. The largest absolute Gasteiger partial charge is 0.340 e. The van der Waals surface area contributed by atoms with Gasteiger partial charge in [0.15, 0.2) is 0 Å². The highest BCUT2D eigenvalue weighted by Crippen LogP contribution is 2.12. The van der Waals surface area contributed by atoms with Crippen LogP contribution in [0.25, 0.3) is 0 Å². The van der Waals surface area contributed by atoms with E-state index in [1.165, 1.54) is 0 Å². The molecular formula is C6H8N2S. The smallest absolute Gasteiger partial charge is 0.0928 e. The molecule has 0 radical (unpaired) electrons. The van der Waals surface area contributed by atoms with Crippen molar-refractivity contribution in [1.29, 1.82) is 0 Å². The van der Waals surface area contributed by atoms with E-state index in [-0.39, 0.29) is 0 Å². The lowest BCUT2D eigenvalue weighted by Crippen LogP contribution is -1.69. The van der Waals surface area contributed by atoms with Crippen molar-refractivity contribution in [2.24, 2.45) is 0 Å². The van der Waals surface area contributed by atoms with Gasteiger partial charge < -0.3 is 4.98 Å². The fraction of sp³-hybridized carbons (Fsp3) is 0.167. The summed E-state index contributed by atoms with van der Waals surface area (Å²) < 4.78 is 0. The Hall–Kier alpha value is -0.700. The zero-order valence-electron chi connectivity index (χ0n) is 5.00. The molecule has 1 N–H and O–H groups in total. The molecular weight excluding hydrogens is 132 g/mol.